The third-order valence-corrected chi connectivity index (χ3v) is 7.73. The molecule has 7 heteroatoms. The van der Waals surface area contributed by atoms with Gasteiger partial charge in [-0.1, -0.05) is 13.8 Å². The summed E-state index contributed by atoms with van der Waals surface area (Å²) >= 11 is 0. The van der Waals surface area contributed by atoms with Gasteiger partial charge in [0.1, 0.15) is 17.3 Å². The maximum Gasteiger partial charge on any atom is 0.303 e. The monoisotopic (exact) mass is 426 g/mol. The highest BCUT2D eigenvalue weighted by Crippen LogP contribution is 2.57. The molecule has 172 valence electrons. The first kappa shape index (κ1) is 23.5. The van der Waals surface area contributed by atoms with Crippen molar-refractivity contribution in [2.75, 3.05) is 0 Å². The molecule has 3 aliphatic rings. The number of fused-ring (bicyclic) bond motifs is 5. The van der Waals surface area contributed by atoms with Gasteiger partial charge in [0.25, 0.3) is 0 Å². The van der Waals surface area contributed by atoms with Gasteiger partial charge in [0.05, 0.1) is 18.3 Å². The normalized spacial score (nSPS) is 46.4. The number of rotatable bonds is 3. The predicted molar refractivity (Wildman–Crippen MR) is 109 cm³/mol. The van der Waals surface area contributed by atoms with Gasteiger partial charge in [0.2, 0.25) is 0 Å². The summed E-state index contributed by atoms with van der Waals surface area (Å²) in [6.45, 7) is 11.0. The van der Waals surface area contributed by atoms with Crippen LogP contribution < -0.4 is 0 Å². The lowest BCUT2D eigenvalue weighted by Crippen LogP contribution is -2.57. The average Bonchev–Trinajstić information content (AvgIpc) is 3.00. The van der Waals surface area contributed by atoms with E-state index in [4.69, 9.17) is 14.2 Å². The van der Waals surface area contributed by atoms with E-state index in [-0.39, 0.29) is 24.2 Å². The van der Waals surface area contributed by atoms with Crippen LogP contribution in [-0.2, 0) is 23.8 Å². The summed E-state index contributed by atoms with van der Waals surface area (Å²) in [5.74, 6) is -0.177. The summed E-state index contributed by atoms with van der Waals surface area (Å²) in [5.41, 5.74) is -1.67. The minimum Gasteiger partial charge on any atom is -0.459 e. The van der Waals surface area contributed by atoms with Gasteiger partial charge < -0.3 is 24.4 Å². The molecule has 9 atom stereocenters. The van der Waals surface area contributed by atoms with E-state index in [1.165, 1.54) is 13.8 Å². The summed E-state index contributed by atoms with van der Waals surface area (Å²) in [6.07, 6.45) is -0.0942. The standard InChI is InChI=1S/C23H38O7/c1-12(2)15-7-9-22(5,29-13(3)24)20-18-11-17(27)16(26)8-10-23(6,30-14(4)25)21(28-18)19(15)20/h12,15-21,26-27H,7-11H2,1-6H3/t15-,16+,17+,18-,19-,20-,21-,22-,23-/m1/s1. The highest BCUT2D eigenvalue weighted by molar-refractivity contribution is 5.67. The Labute approximate surface area is 179 Å². The van der Waals surface area contributed by atoms with Crippen molar-refractivity contribution in [1.29, 1.82) is 0 Å². The van der Waals surface area contributed by atoms with Gasteiger partial charge in [-0.3, -0.25) is 9.59 Å². The molecule has 0 spiro atoms. The fourth-order valence-electron chi connectivity index (χ4n) is 6.48. The number of hydrogen-bond donors (Lipinski definition) is 2. The van der Waals surface area contributed by atoms with Gasteiger partial charge in [-0.05, 0) is 51.4 Å². The molecule has 2 heterocycles. The highest BCUT2D eigenvalue weighted by Gasteiger charge is 2.64. The van der Waals surface area contributed by atoms with E-state index in [2.05, 4.69) is 13.8 Å². The SMILES string of the molecule is CC(=O)O[C@]1(C)CC[C@H](C(C)C)[C@@H]2[C@H]1[C@H]1C[C@H](O)[C@@H](O)CC[C@@](C)(OC(C)=O)[C@@H]2O1. The van der Waals surface area contributed by atoms with Crippen LogP contribution in [0.25, 0.3) is 0 Å². The van der Waals surface area contributed by atoms with E-state index in [9.17, 15) is 19.8 Å². The Morgan fingerprint density at radius 1 is 0.967 bits per heavy atom. The fraction of sp³-hybridized carbons (Fsp3) is 0.913. The summed E-state index contributed by atoms with van der Waals surface area (Å²) in [7, 11) is 0. The molecule has 2 N–H and O–H groups in total. The lowest BCUT2D eigenvalue weighted by atomic mass is 9.57. The van der Waals surface area contributed by atoms with E-state index in [1.807, 2.05) is 13.8 Å². The van der Waals surface area contributed by atoms with Crippen LogP contribution in [0.4, 0.5) is 0 Å². The molecule has 3 fully saturated rings. The summed E-state index contributed by atoms with van der Waals surface area (Å²) in [5, 5.41) is 21.1. The quantitative estimate of drug-likeness (QED) is 0.669. The Morgan fingerprint density at radius 2 is 1.53 bits per heavy atom. The van der Waals surface area contributed by atoms with Crippen molar-refractivity contribution in [2.45, 2.75) is 109 Å². The first-order valence-electron chi connectivity index (χ1n) is 11.3. The highest BCUT2D eigenvalue weighted by atomic mass is 16.6. The molecule has 30 heavy (non-hydrogen) atoms. The third-order valence-electron chi connectivity index (χ3n) is 7.73. The number of aliphatic hydroxyl groups is 2. The Balaban J connectivity index is 2.11. The van der Waals surface area contributed by atoms with Gasteiger partial charge in [-0.15, -0.1) is 0 Å². The first-order valence-corrected chi connectivity index (χ1v) is 11.3. The zero-order chi connectivity index (χ0) is 22.4. The van der Waals surface area contributed by atoms with Crippen LogP contribution >= 0.6 is 0 Å². The Kier molecular flexibility index (Phi) is 6.57. The van der Waals surface area contributed by atoms with Crippen molar-refractivity contribution in [3.05, 3.63) is 0 Å². The molecule has 0 aromatic carbocycles. The van der Waals surface area contributed by atoms with Gasteiger partial charge in [0.15, 0.2) is 0 Å². The molecule has 2 aliphatic heterocycles. The predicted octanol–water partition coefficient (Wildman–Crippen LogP) is 2.60. The molecule has 1 aliphatic carbocycles. The van der Waals surface area contributed by atoms with Gasteiger partial charge in [-0.25, -0.2) is 0 Å². The number of aliphatic hydroxyl groups excluding tert-OH is 2. The number of carbonyl (C=O) groups is 2. The third kappa shape index (κ3) is 4.26. The molecule has 2 bridgehead atoms. The van der Waals surface area contributed by atoms with Crippen LogP contribution in [0.3, 0.4) is 0 Å². The van der Waals surface area contributed by atoms with Crippen LogP contribution in [0.15, 0.2) is 0 Å². The lowest BCUT2D eigenvalue weighted by molar-refractivity contribution is -0.182. The maximum atomic E-state index is 12.0. The van der Waals surface area contributed by atoms with Crippen molar-refractivity contribution < 1.29 is 34.0 Å². The zero-order valence-electron chi connectivity index (χ0n) is 19.1. The molecule has 0 amide bonds. The Bertz CT molecular complexity index is 664. The molecule has 1 saturated carbocycles. The van der Waals surface area contributed by atoms with E-state index < -0.39 is 41.6 Å². The van der Waals surface area contributed by atoms with Crippen LogP contribution in [0.2, 0.25) is 0 Å². The number of ether oxygens (including phenoxy) is 3. The average molecular weight is 427 g/mol. The molecular weight excluding hydrogens is 388 g/mol. The van der Waals surface area contributed by atoms with E-state index in [0.29, 0.717) is 31.1 Å². The smallest absolute Gasteiger partial charge is 0.303 e. The molecule has 7 nitrogen and oxygen atoms in total. The minimum absolute atomic E-state index is 0.0138. The molecule has 2 saturated heterocycles. The van der Waals surface area contributed by atoms with E-state index in [0.717, 1.165) is 6.42 Å². The molecule has 0 aromatic heterocycles. The topological polar surface area (TPSA) is 102 Å². The molecule has 0 aromatic rings. The zero-order valence-corrected chi connectivity index (χ0v) is 19.1. The maximum absolute atomic E-state index is 12.0. The van der Waals surface area contributed by atoms with Crippen molar-refractivity contribution in [3.8, 4) is 0 Å². The number of esters is 2. The van der Waals surface area contributed by atoms with Crippen molar-refractivity contribution in [3.63, 3.8) is 0 Å². The molecule has 3 rings (SSSR count). The Morgan fingerprint density at radius 3 is 2.10 bits per heavy atom. The largest absolute Gasteiger partial charge is 0.459 e. The summed E-state index contributed by atoms with van der Waals surface area (Å²) < 4.78 is 18.3. The van der Waals surface area contributed by atoms with Gasteiger partial charge in [-0.2, -0.15) is 0 Å². The van der Waals surface area contributed by atoms with Gasteiger partial charge in [0, 0.05) is 32.1 Å². The minimum atomic E-state index is -0.949. The fourth-order valence-corrected chi connectivity index (χ4v) is 6.48. The van der Waals surface area contributed by atoms with Crippen molar-refractivity contribution >= 4 is 11.9 Å². The van der Waals surface area contributed by atoms with E-state index in [1.54, 1.807) is 0 Å². The number of hydrogen-bond acceptors (Lipinski definition) is 7. The second kappa shape index (κ2) is 8.40. The first-order chi connectivity index (χ1) is 13.9. The van der Waals surface area contributed by atoms with E-state index >= 15 is 0 Å². The van der Waals surface area contributed by atoms with Crippen molar-refractivity contribution in [2.24, 2.45) is 23.7 Å². The van der Waals surface area contributed by atoms with Crippen molar-refractivity contribution in [1.82, 2.24) is 0 Å². The van der Waals surface area contributed by atoms with Crippen LogP contribution in [-0.4, -0.2) is 57.8 Å². The van der Waals surface area contributed by atoms with Crippen LogP contribution in [0.5, 0.6) is 0 Å². The van der Waals surface area contributed by atoms with Gasteiger partial charge >= 0.3 is 11.9 Å². The second-order valence-electron chi connectivity index (χ2n) is 10.4. The summed E-state index contributed by atoms with van der Waals surface area (Å²) in [4.78, 5) is 24.0. The number of carbonyl (C=O) groups excluding carboxylic acids is 2. The van der Waals surface area contributed by atoms with Crippen LogP contribution in [0, 0.1) is 23.7 Å². The molecule has 0 unspecified atom stereocenters. The Hall–Kier alpha value is -1.18. The summed E-state index contributed by atoms with van der Waals surface area (Å²) in [6, 6.07) is 0. The second-order valence-corrected chi connectivity index (χ2v) is 10.4. The van der Waals surface area contributed by atoms with Crippen LogP contribution in [0.1, 0.15) is 73.6 Å². The molecular formula is C23H38O7. The molecule has 0 radical (unpaired) electrons. The lowest BCUT2D eigenvalue weighted by Gasteiger charge is -2.50.